The number of nitrogens with zero attached hydrogens (tertiary/aromatic N) is 1. The summed E-state index contributed by atoms with van der Waals surface area (Å²) in [5, 5.41) is 0. The first-order chi connectivity index (χ1) is 5.79. The Labute approximate surface area is 97.2 Å². The molecule has 1 aromatic rings. The molecule has 0 N–H and O–H groups in total. The topological polar surface area (TPSA) is 12.9 Å². The Hall–Kier alpha value is -0.162. The standard InChI is InChI=1S/C7H8N.2C2H6.W/c1-6-3-4-7(2)8-5-6;2*1-2;/h3-4H,1-2H3;2*1-2H3;/q-1;;;. The molecule has 1 aromatic heterocycles. The molecule has 0 saturated heterocycles. The molecule has 0 aliphatic rings. The van der Waals surface area contributed by atoms with E-state index in [0.29, 0.717) is 0 Å². The number of aromatic nitrogens is 1. The van der Waals surface area contributed by atoms with Crippen molar-refractivity contribution in [2.45, 2.75) is 41.5 Å². The van der Waals surface area contributed by atoms with E-state index in [1.54, 1.807) is 0 Å². The van der Waals surface area contributed by atoms with E-state index in [1.807, 2.05) is 53.7 Å². The van der Waals surface area contributed by atoms with Gasteiger partial charge in [-0.1, -0.05) is 53.4 Å². The monoisotopic (exact) mass is 350 g/mol. The van der Waals surface area contributed by atoms with Crippen LogP contribution in [0, 0.1) is 20.0 Å². The maximum Gasteiger partial charge on any atom is 0 e. The van der Waals surface area contributed by atoms with Crippen molar-refractivity contribution < 1.29 is 21.1 Å². The minimum absolute atomic E-state index is 0. The van der Waals surface area contributed by atoms with Gasteiger partial charge in [-0.05, 0) is 0 Å². The molecule has 0 aromatic carbocycles. The second kappa shape index (κ2) is 14.4. The Kier molecular flexibility index (Phi) is 20.5. The summed E-state index contributed by atoms with van der Waals surface area (Å²) >= 11 is 0. The molecule has 1 rings (SSSR count). The first kappa shape index (κ1) is 18.6. The molecular formula is C11H20NW-. The van der Waals surface area contributed by atoms with Gasteiger partial charge in [-0.3, -0.25) is 0 Å². The van der Waals surface area contributed by atoms with Gasteiger partial charge in [0.1, 0.15) is 0 Å². The quantitative estimate of drug-likeness (QED) is 0.653. The second-order valence-electron chi connectivity index (χ2n) is 1.88. The van der Waals surface area contributed by atoms with Crippen molar-refractivity contribution in [2.24, 2.45) is 0 Å². The summed E-state index contributed by atoms with van der Waals surface area (Å²) in [7, 11) is 0. The van der Waals surface area contributed by atoms with Crippen molar-refractivity contribution in [3.63, 3.8) is 0 Å². The summed E-state index contributed by atoms with van der Waals surface area (Å²) in [5.41, 5.74) is 2.12. The van der Waals surface area contributed by atoms with Gasteiger partial charge < -0.3 is 4.98 Å². The van der Waals surface area contributed by atoms with E-state index in [2.05, 4.69) is 11.2 Å². The summed E-state index contributed by atoms with van der Waals surface area (Å²) in [6.45, 7) is 11.9. The molecule has 1 heterocycles. The third-order valence-corrected chi connectivity index (χ3v) is 0.983. The molecule has 0 saturated carbocycles. The molecule has 0 fully saturated rings. The SMILES string of the molecule is CC.CC.Cc1[c-]nc(C)cc1.[W]. The summed E-state index contributed by atoms with van der Waals surface area (Å²) < 4.78 is 0. The molecule has 0 amide bonds. The van der Waals surface area contributed by atoms with Gasteiger partial charge in [0.2, 0.25) is 0 Å². The number of hydrogen-bond donors (Lipinski definition) is 0. The van der Waals surface area contributed by atoms with Gasteiger partial charge in [0.05, 0.1) is 0 Å². The van der Waals surface area contributed by atoms with Gasteiger partial charge in [-0.15, -0.1) is 5.56 Å². The third kappa shape index (κ3) is 11.8. The van der Waals surface area contributed by atoms with Crippen LogP contribution in [0.4, 0.5) is 0 Å². The van der Waals surface area contributed by atoms with Gasteiger partial charge in [-0.2, -0.15) is 12.1 Å². The van der Waals surface area contributed by atoms with Gasteiger partial charge >= 0.3 is 0 Å². The van der Waals surface area contributed by atoms with E-state index >= 15 is 0 Å². The van der Waals surface area contributed by atoms with Crippen molar-refractivity contribution in [1.29, 1.82) is 0 Å². The fourth-order valence-electron chi connectivity index (χ4n) is 0.496. The Balaban J connectivity index is -0.000000178. The molecule has 0 unspecified atom stereocenters. The van der Waals surface area contributed by atoms with Gasteiger partial charge in [-0.25, -0.2) is 0 Å². The maximum atomic E-state index is 3.95. The van der Waals surface area contributed by atoms with E-state index < -0.39 is 0 Å². The van der Waals surface area contributed by atoms with Gasteiger partial charge in [0.15, 0.2) is 0 Å². The first-order valence-electron chi connectivity index (χ1n) is 4.61. The van der Waals surface area contributed by atoms with Crippen molar-refractivity contribution in [3.8, 4) is 0 Å². The van der Waals surface area contributed by atoms with Crippen LogP contribution in [-0.2, 0) is 21.1 Å². The predicted octanol–water partition coefficient (Wildman–Crippen LogP) is 3.55. The molecule has 0 aliphatic carbocycles. The molecule has 2 heteroatoms. The number of hydrogen-bond acceptors (Lipinski definition) is 1. The zero-order valence-corrected chi connectivity index (χ0v) is 12.4. The van der Waals surface area contributed by atoms with Crippen LogP contribution in [0.3, 0.4) is 0 Å². The average molecular weight is 350 g/mol. The van der Waals surface area contributed by atoms with Crippen LogP contribution >= 0.6 is 0 Å². The van der Waals surface area contributed by atoms with Crippen LogP contribution in [0.1, 0.15) is 39.0 Å². The van der Waals surface area contributed by atoms with Crippen LogP contribution in [0.15, 0.2) is 12.1 Å². The van der Waals surface area contributed by atoms with E-state index in [4.69, 9.17) is 0 Å². The van der Waals surface area contributed by atoms with Crippen LogP contribution < -0.4 is 0 Å². The Bertz CT molecular complexity index is 149. The average Bonchev–Trinajstić information content (AvgIpc) is 2.17. The van der Waals surface area contributed by atoms with Crippen LogP contribution in [-0.4, -0.2) is 4.98 Å². The Morgan fingerprint density at radius 1 is 1.00 bits per heavy atom. The summed E-state index contributed by atoms with van der Waals surface area (Å²) in [4.78, 5) is 3.95. The molecule has 0 radical (unpaired) electrons. The van der Waals surface area contributed by atoms with E-state index in [9.17, 15) is 0 Å². The molecule has 0 spiro atoms. The molecular weight excluding hydrogens is 330 g/mol. The maximum absolute atomic E-state index is 3.95. The molecule has 76 valence electrons. The zero-order valence-electron chi connectivity index (χ0n) is 9.51. The minimum atomic E-state index is 0. The molecule has 0 bridgehead atoms. The predicted molar refractivity (Wildman–Crippen MR) is 55.2 cm³/mol. The normalized spacial score (nSPS) is 6.62. The molecule has 0 aliphatic heterocycles. The van der Waals surface area contributed by atoms with Crippen LogP contribution in [0.25, 0.3) is 0 Å². The van der Waals surface area contributed by atoms with Crippen LogP contribution in [0.2, 0.25) is 0 Å². The number of pyridine rings is 1. The van der Waals surface area contributed by atoms with Gasteiger partial charge in [0.25, 0.3) is 0 Å². The van der Waals surface area contributed by atoms with Crippen molar-refractivity contribution in [3.05, 3.63) is 29.6 Å². The van der Waals surface area contributed by atoms with E-state index in [0.717, 1.165) is 11.3 Å². The Morgan fingerprint density at radius 2 is 1.46 bits per heavy atom. The van der Waals surface area contributed by atoms with E-state index in [1.165, 1.54) is 0 Å². The summed E-state index contributed by atoms with van der Waals surface area (Å²) in [6, 6.07) is 3.98. The van der Waals surface area contributed by atoms with Crippen LogP contribution in [0.5, 0.6) is 0 Å². The summed E-state index contributed by atoms with van der Waals surface area (Å²) in [5.74, 6) is 0. The number of rotatable bonds is 0. The smallest absolute Gasteiger partial charge is 0 e. The molecule has 13 heavy (non-hydrogen) atoms. The zero-order chi connectivity index (χ0) is 9.98. The third-order valence-electron chi connectivity index (χ3n) is 0.983. The molecule has 1 nitrogen and oxygen atoms in total. The van der Waals surface area contributed by atoms with Crippen molar-refractivity contribution in [2.75, 3.05) is 0 Å². The largest absolute Gasteiger partial charge is 0.391 e. The van der Waals surface area contributed by atoms with Crippen molar-refractivity contribution >= 4 is 0 Å². The Morgan fingerprint density at radius 3 is 1.69 bits per heavy atom. The fourth-order valence-corrected chi connectivity index (χ4v) is 0.496. The summed E-state index contributed by atoms with van der Waals surface area (Å²) in [6.07, 6.45) is 2.85. The number of aryl methyl sites for hydroxylation is 2. The van der Waals surface area contributed by atoms with Gasteiger partial charge in [0, 0.05) is 21.1 Å². The fraction of sp³-hybridized carbons (Fsp3) is 0.545. The molecule has 0 atom stereocenters. The second-order valence-corrected chi connectivity index (χ2v) is 1.88. The van der Waals surface area contributed by atoms with Crippen molar-refractivity contribution in [1.82, 2.24) is 4.98 Å². The van der Waals surface area contributed by atoms with E-state index in [-0.39, 0.29) is 21.1 Å². The first-order valence-corrected chi connectivity index (χ1v) is 4.61. The minimum Gasteiger partial charge on any atom is -0.391 e.